The highest BCUT2D eigenvalue weighted by molar-refractivity contribution is 5.85. The molecule has 108 valence electrons. The quantitative estimate of drug-likeness (QED) is 0.843. The number of hydrogen-bond donors (Lipinski definition) is 2. The van der Waals surface area contributed by atoms with E-state index in [1.807, 2.05) is 0 Å². The van der Waals surface area contributed by atoms with Crippen LogP contribution in [0, 0.1) is 11.7 Å². The van der Waals surface area contributed by atoms with E-state index in [9.17, 15) is 22.7 Å². The first-order chi connectivity index (χ1) is 8.30. The van der Waals surface area contributed by atoms with Crippen molar-refractivity contribution < 1.29 is 22.7 Å². The molecule has 1 aromatic rings. The van der Waals surface area contributed by atoms with Gasteiger partial charge < -0.3 is 10.8 Å². The number of nitrogens with two attached hydrogens (primary N) is 1. The molecule has 2 atom stereocenters. The van der Waals surface area contributed by atoms with E-state index < -0.39 is 29.7 Å². The van der Waals surface area contributed by atoms with Crippen LogP contribution in [-0.2, 0) is 6.18 Å². The molecule has 3 N–H and O–H groups in total. The predicted octanol–water partition coefficient (Wildman–Crippen LogP) is 3.04. The fourth-order valence-corrected chi connectivity index (χ4v) is 1.89. The summed E-state index contributed by atoms with van der Waals surface area (Å²) < 4.78 is 50.6. The Bertz CT molecular complexity index is 448. The summed E-state index contributed by atoms with van der Waals surface area (Å²) in [5.74, 6) is -1.00. The van der Waals surface area contributed by atoms with E-state index in [2.05, 4.69) is 0 Å². The molecule has 0 saturated heterocycles. The van der Waals surface area contributed by atoms with E-state index in [0.29, 0.717) is 6.07 Å². The number of rotatable bonds is 3. The van der Waals surface area contributed by atoms with Gasteiger partial charge in [0.15, 0.2) is 0 Å². The summed E-state index contributed by atoms with van der Waals surface area (Å²) >= 11 is 0. The average Bonchev–Trinajstić information content (AvgIpc) is 3.09. The largest absolute Gasteiger partial charge is 0.416 e. The van der Waals surface area contributed by atoms with Crippen LogP contribution >= 0.6 is 12.4 Å². The first kappa shape index (κ1) is 16.2. The smallest absolute Gasteiger partial charge is 0.391 e. The van der Waals surface area contributed by atoms with Crippen LogP contribution in [0.25, 0.3) is 0 Å². The number of benzene rings is 1. The molecule has 0 unspecified atom stereocenters. The summed E-state index contributed by atoms with van der Waals surface area (Å²) in [5, 5.41) is 9.75. The molecule has 1 aliphatic carbocycles. The van der Waals surface area contributed by atoms with Crippen molar-refractivity contribution in [3.63, 3.8) is 0 Å². The molecule has 0 aromatic heterocycles. The molecule has 0 radical (unpaired) electrons. The Morgan fingerprint density at radius 2 is 1.84 bits per heavy atom. The van der Waals surface area contributed by atoms with Gasteiger partial charge in [0.1, 0.15) is 5.82 Å². The first-order valence-electron chi connectivity index (χ1n) is 5.61. The second kappa shape index (κ2) is 5.64. The number of aliphatic hydroxyl groups excluding tert-OH is 1. The van der Waals surface area contributed by atoms with Gasteiger partial charge in [-0.25, -0.2) is 4.39 Å². The van der Waals surface area contributed by atoms with Crippen LogP contribution in [0.3, 0.4) is 0 Å². The molecular formula is C12H14ClF4NO. The van der Waals surface area contributed by atoms with Crippen molar-refractivity contribution in [2.45, 2.75) is 31.2 Å². The van der Waals surface area contributed by atoms with Crippen LogP contribution < -0.4 is 5.73 Å². The van der Waals surface area contributed by atoms with Crippen molar-refractivity contribution in [3.05, 3.63) is 35.1 Å². The van der Waals surface area contributed by atoms with E-state index >= 15 is 0 Å². The molecule has 0 heterocycles. The fraction of sp³-hybridized carbons (Fsp3) is 0.500. The maximum absolute atomic E-state index is 13.6. The van der Waals surface area contributed by atoms with Gasteiger partial charge >= 0.3 is 6.18 Å². The minimum absolute atomic E-state index is 0. The SMILES string of the molecule is Cl.N[C@H](c1ccc(C(F)(F)F)cc1F)[C@@H](O)C1CC1. The molecule has 2 nitrogen and oxygen atoms in total. The minimum atomic E-state index is -4.58. The van der Waals surface area contributed by atoms with Gasteiger partial charge in [-0.05, 0) is 30.9 Å². The molecule has 1 aliphatic rings. The van der Waals surface area contributed by atoms with Crippen molar-refractivity contribution in [1.82, 2.24) is 0 Å². The number of hydrogen-bond acceptors (Lipinski definition) is 2. The monoisotopic (exact) mass is 299 g/mol. The summed E-state index contributed by atoms with van der Waals surface area (Å²) in [6, 6.07) is 1.20. The van der Waals surface area contributed by atoms with Gasteiger partial charge in [0.05, 0.1) is 17.7 Å². The second-order valence-corrected chi connectivity index (χ2v) is 4.59. The molecule has 1 fully saturated rings. The van der Waals surface area contributed by atoms with Crippen molar-refractivity contribution >= 4 is 12.4 Å². The third kappa shape index (κ3) is 3.58. The standard InChI is InChI=1S/C12H13F4NO.ClH/c13-9-5-7(12(14,15)16)3-4-8(9)10(17)11(18)6-1-2-6;/h3-6,10-11,18H,1-2,17H2;1H/t10-,11+;/m1./s1. The van der Waals surface area contributed by atoms with Gasteiger partial charge in [-0.3, -0.25) is 0 Å². The third-order valence-electron chi connectivity index (χ3n) is 3.16. The van der Waals surface area contributed by atoms with Gasteiger partial charge in [0, 0.05) is 5.56 Å². The Hall–Kier alpha value is -0.850. The Kier molecular flexibility index (Phi) is 4.81. The van der Waals surface area contributed by atoms with Gasteiger partial charge in [0.25, 0.3) is 0 Å². The Balaban J connectivity index is 0.00000180. The molecular weight excluding hydrogens is 286 g/mol. The molecule has 0 spiro atoms. The molecule has 0 amide bonds. The van der Waals surface area contributed by atoms with Crippen LogP contribution in [0.15, 0.2) is 18.2 Å². The van der Waals surface area contributed by atoms with E-state index in [4.69, 9.17) is 5.73 Å². The average molecular weight is 300 g/mol. The van der Waals surface area contributed by atoms with Crippen LogP contribution in [-0.4, -0.2) is 11.2 Å². The lowest BCUT2D eigenvalue weighted by atomic mass is 9.97. The molecule has 1 saturated carbocycles. The maximum atomic E-state index is 13.6. The summed E-state index contributed by atoms with van der Waals surface area (Å²) in [7, 11) is 0. The molecule has 0 aliphatic heterocycles. The van der Waals surface area contributed by atoms with Crippen molar-refractivity contribution in [3.8, 4) is 0 Å². The Morgan fingerprint density at radius 1 is 1.26 bits per heavy atom. The second-order valence-electron chi connectivity index (χ2n) is 4.59. The minimum Gasteiger partial charge on any atom is -0.391 e. The predicted molar refractivity (Wildman–Crippen MR) is 64.3 cm³/mol. The highest BCUT2D eigenvalue weighted by atomic mass is 35.5. The zero-order valence-corrected chi connectivity index (χ0v) is 10.6. The lowest BCUT2D eigenvalue weighted by molar-refractivity contribution is -0.137. The number of alkyl halides is 3. The van der Waals surface area contributed by atoms with Gasteiger partial charge in [-0.1, -0.05) is 6.07 Å². The van der Waals surface area contributed by atoms with Gasteiger partial charge in [-0.2, -0.15) is 13.2 Å². The highest BCUT2D eigenvalue weighted by Gasteiger charge is 2.36. The zero-order chi connectivity index (χ0) is 13.5. The summed E-state index contributed by atoms with van der Waals surface area (Å²) in [6.45, 7) is 0. The van der Waals surface area contributed by atoms with Crippen LogP contribution in [0.4, 0.5) is 17.6 Å². The van der Waals surface area contributed by atoms with Crippen molar-refractivity contribution in [2.24, 2.45) is 11.7 Å². The Labute approximate surface area is 114 Å². The summed E-state index contributed by atoms with van der Waals surface area (Å²) in [5.41, 5.74) is 4.53. The molecule has 1 aromatic carbocycles. The number of halogens is 5. The molecule has 2 rings (SSSR count). The topological polar surface area (TPSA) is 46.2 Å². The third-order valence-corrected chi connectivity index (χ3v) is 3.16. The lowest BCUT2D eigenvalue weighted by Gasteiger charge is -2.20. The van der Waals surface area contributed by atoms with Crippen molar-refractivity contribution in [2.75, 3.05) is 0 Å². The van der Waals surface area contributed by atoms with Crippen LogP contribution in [0.2, 0.25) is 0 Å². The Morgan fingerprint density at radius 3 is 2.26 bits per heavy atom. The molecule has 19 heavy (non-hydrogen) atoms. The summed E-state index contributed by atoms with van der Waals surface area (Å²) in [4.78, 5) is 0. The van der Waals surface area contributed by atoms with Crippen LogP contribution in [0.5, 0.6) is 0 Å². The first-order valence-corrected chi connectivity index (χ1v) is 5.61. The molecule has 7 heteroatoms. The van der Waals surface area contributed by atoms with E-state index in [1.165, 1.54) is 0 Å². The van der Waals surface area contributed by atoms with E-state index in [0.717, 1.165) is 25.0 Å². The maximum Gasteiger partial charge on any atom is 0.416 e. The van der Waals surface area contributed by atoms with Gasteiger partial charge in [0.2, 0.25) is 0 Å². The van der Waals surface area contributed by atoms with Crippen LogP contribution in [0.1, 0.15) is 30.0 Å². The molecule has 0 bridgehead atoms. The van der Waals surface area contributed by atoms with E-state index in [1.54, 1.807) is 0 Å². The van der Waals surface area contributed by atoms with E-state index in [-0.39, 0.29) is 23.9 Å². The zero-order valence-electron chi connectivity index (χ0n) is 9.82. The lowest BCUT2D eigenvalue weighted by Crippen LogP contribution is -2.28. The fourth-order valence-electron chi connectivity index (χ4n) is 1.89. The van der Waals surface area contributed by atoms with Crippen molar-refractivity contribution in [1.29, 1.82) is 0 Å². The summed E-state index contributed by atoms with van der Waals surface area (Å²) in [6.07, 6.45) is -3.86. The highest BCUT2D eigenvalue weighted by Crippen LogP contribution is 2.38. The number of aliphatic hydroxyl groups is 1. The van der Waals surface area contributed by atoms with Gasteiger partial charge in [-0.15, -0.1) is 12.4 Å². The normalized spacial score (nSPS) is 18.6.